The molecule has 2 amide bonds. The highest BCUT2D eigenvalue weighted by molar-refractivity contribution is 7.14. The molecule has 5 rings (SSSR count). The minimum absolute atomic E-state index is 0.0294. The molecule has 12 heteroatoms. The summed E-state index contributed by atoms with van der Waals surface area (Å²) < 4.78 is 20.7. The Labute approximate surface area is 213 Å². The number of rotatable bonds is 7. The van der Waals surface area contributed by atoms with Crippen LogP contribution in [0.2, 0.25) is 0 Å². The summed E-state index contributed by atoms with van der Waals surface area (Å²) in [6, 6.07) is 9.93. The number of amides is 2. The molecule has 0 fully saturated rings. The van der Waals surface area contributed by atoms with Gasteiger partial charge in [0.2, 0.25) is 0 Å². The molecule has 2 N–H and O–H groups in total. The van der Waals surface area contributed by atoms with E-state index in [9.17, 15) is 23.6 Å². The first-order chi connectivity index (χ1) is 17.8. The molecule has 10 nitrogen and oxygen atoms in total. The quantitative estimate of drug-likeness (QED) is 0.357. The van der Waals surface area contributed by atoms with Gasteiger partial charge in [0.05, 0.1) is 17.6 Å². The van der Waals surface area contributed by atoms with Crippen LogP contribution in [0.5, 0.6) is 5.75 Å². The number of aromatic nitrogens is 3. The number of halogens is 1. The summed E-state index contributed by atoms with van der Waals surface area (Å²) in [4.78, 5) is 54.4. The third-order valence-electron chi connectivity index (χ3n) is 5.68. The first kappa shape index (κ1) is 24.3. The van der Waals surface area contributed by atoms with Crippen LogP contribution in [0.4, 0.5) is 4.39 Å². The van der Waals surface area contributed by atoms with Crippen molar-refractivity contribution < 1.29 is 28.3 Å². The second-order valence-electron chi connectivity index (χ2n) is 8.39. The molecule has 1 aliphatic heterocycles. The predicted molar refractivity (Wildman–Crippen MR) is 130 cm³/mol. The number of hydrogen-bond acceptors (Lipinski definition) is 8. The Hall–Kier alpha value is -4.45. The third-order valence-corrected chi connectivity index (χ3v) is 6.87. The maximum Gasteiger partial charge on any atom is 0.270 e. The Balaban J connectivity index is 1.33. The predicted octanol–water partition coefficient (Wildman–Crippen LogP) is 2.50. The first-order valence-corrected chi connectivity index (χ1v) is 12.1. The second-order valence-corrected chi connectivity index (χ2v) is 9.56. The molecule has 0 saturated carbocycles. The number of thiophene rings is 1. The summed E-state index contributed by atoms with van der Waals surface area (Å²) in [5, 5.41) is 9.28. The van der Waals surface area contributed by atoms with E-state index in [1.54, 1.807) is 30.3 Å². The average Bonchev–Trinajstić information content (AvgIpc) is 3.52. The van der Waals surface area contributed by atoms with Crippen molar-refractivity contribution in [1.29, 1.82) is 0 Å². The van der Waals surface area contributed by atoms with E-state index in [4.69, 9.17) is 4.74 Å². The molecule has 37 heavy (non-hydrogen) atoms. The monoisotopic (exact) mass is 521 g/mol. The molecule has 3 aromatic heterocycles. The van der Waals surface area contributed by atoms with Crippen LogP contribution in [-0.2, 0) is 24.3 Å². The Morgan fingerprint density at radius 2 is 1.92 bits per heavy atom. The van der Waals surface area contributed by atoms with Crippen LogP contribution in [0.3, 0.4) is 0 Å². The van der Waals surface area contributed by atoms with E-state index in [1.807, 2.05) is 0 Å². The maximum atomic E-state index is 14.3. The SMILES string of the molecule is CC(=O)c1ccc(CNC(=O)c2cc(C(=O)NCc3ccc4c(c3)CC(=O)CO4)nc3c(F)cnn23)s1. The average molecular weight is 522 g/mol. The highest BCUT2D eigenvalue weighted by atomic mass is 32.1. The number of nitrogens with one attached hydrogen (secondary N) is 2. The van der Waals surface area contributed by atoms with Crippen LogP contribution in [-0.4, -0.2) is 44.6 Å². The van der Waals surface area contributed by atoms with E-state index in [2.05, 4.69) is 20.7 Å². The summed E-state index contributed by atoms with van der Waals surface area (Å²) in [6.07, 6.45) is 1.17. The molecule has 0 radical (unpaired) electrons. The smallest absolute Gasteiger partial charge is 0.270 e. The molecule has 0 spiro atoms. The van der Waals surface area contributed by atoms with Crippen molar-refractivity contribution in [2.75, 3.05) is 6.61 Å². The fraction of sp³-hybridized carbons (Fsp3) is 0.200. The molecule has 188 valence electrons. The van der Waals surface area contributed by atoms with Crippen LogP contribution in [0.1, 0.15) is 53.6 Å². The summed E-state index contributed by atoms with van der Waals surface area (Å²) in [7, 11) is 0. The van der Waals surface area contributed by atoms with Gasteiger partial charge in [0.15, 0.2) is 23.0 Å². The number of hydrogen-bond donors (Lipinski definition) is 2. The maximum absolute atomic E-state index is 14.3. The summed E-state index contributed by atoms with van der Waals surface area (Å²) in [6.45, 7) is 1.76. The molecule has 0 aliphatic carbocycles. The van der Waals surface area contributed by atoms with E-state index in [0.29, 0.717) is 10.6 Å². The molecule has 1 aliphatic rings. The van der Waals surface area contributed by atoms with Gasteiger partial charge >= 0.3 is 0 Å². The van der Waals surface area contributed by atoms with Gasteiger partial charge < -0.3 is 15.4 Å². The minimum atomic E-state index is -0.785. The zero-order chi connectivity index (χ0) is 26.1. The molecular weight excluding hydrogens is 501 g/mol. The number of carbonyl (C=O) groups excluding carboxylic acids is 4. The topological polar surface area (TPSA) is 132 Å². The Bertz CT molecular complexity index is 1580. The number of ether oxygens (including phenoxy) is 1. The van der Waals surface area contributed by atoms with Gasteiger partial charge in [-0.3, -0.25) is 19.2 Å². The molecule has 0 saturated heterocycles. The third kappa shape index (κ3) is 5.09. The Morgan fingerprint density at radius 1 is 1.11 bits per heavy atom. The van der Waals surface area contributed by atoms with Crippen LogP contribution in [0.25, 0.3) is 5.65 Å². The van der Waals surface area contributed by atoms with Crippen LogP contribution in [0, 0.1) is 5.82 Å². The lowest BCUT2D eigenvalue weighted by molar-refractivity contribution is -0.121. The van der Waals surface area contributed by atoms with E-state index in [-0.39, 0.29) is 54.7 Å². The molecular formula is C25H20FN5O5S. The van der Waals surface area contributed by atoms with Crippen molar-refractivity contribution in [3.63, 3.8) is 0 Å². The standard InChI is InChI=1S/C25H20FN5O5S/c1-13(32)22-5-3-17(37-22)10-28-25(35)20-8-19(30-23-18(26)11-29-31(20)23)24(34)27-9-14-2-4-21-15(6-14)7-16(33)12-36-21/h2-6,8,11H,7,9-10,12H2,1H3,(H,27,34)(H,28,35). The lowest BCUT2D eigenvalue weighted by Crippen LogP contribution is -2.28. The van der Waals surface area contributed by atoms with Crippen molar-refractivity contribution in [1.82, 2.24) is 25.2 Å². The summed E-state index contributed by atoms with van der Waals surface area (Å²) >= 11 is 1.26. The van der Waals surface area contributed by atoms with Gasteiger partial charge in [0.25, 0.3) is 11.8 Å². The van der Waals surface area contributed by atoms with E-state index < -0.39 is 17.6 Å². The first-order valence-electron chi connectivity index (χ1n) is 11.2. The molecule has 1 aromatic carbocycles. The van der Waals surface area contributed by atoms with Crippen LogP contribution in [0.15, 0.2) is 42.6 Å². The fourth-order valence-corrected chi connectivity index (χ4v) is 4.69. The lowest BCUT2D eigenvalue weighted by atomic mass is 10.0. The zero-order valence-corrected chi connectivity index (χ0v) is 20.4. The lowest BCUT2D eigenvalue weighted by Gasteiger charge is -2.17. The largest absolute Gasteiger partial charge is 0.486 e. The van der Waals surface area contributed by atoms with Gasteiger partial charge in [0, 0.05) is 29.5 Å². The van der Waals surface area contributed by atoms with Gasteiger partial charge in [-0.25, -0.2) is 13.9 Å². The van der Waals surface area contributed by atoms with Crippen LogP contribution < -0.4 is 15.4 Å². The van der Waals surface area contributed by atoms with Gasteiger partial charge in [-0.05, 0) is 36.8 Å². The number of fused-ring (bicyclic) bond motifs is 2. The van der Waals surface area contributed by atoms with Crippen molar-refractivity contribution in [2.45, 2.75) is 26.4 Å². The highest BCUT2D eigenvalue weighted by Crippen LogP contribution is 2.24. The number of carbonyl (C=O) groups is 4. The van der Waals surface area contributed by atoms with Gasteiger partial charge in [-0.15, -0.1) is 11.3 Å². The minimum Gasteiger partial charge on any atom is -0.486 e. The zero-order valence-electron chi connectivity index (χ0n) is 19.5. The molecule has 4 heterocycles. The normalized spacial score (nSPS) is 12.6. The highest BCUT2D eigenvalue weighted by Gasteiger charge is 2.21. The van der Waals surface area contributed by atoms with Gasteiger partial charge in [-0.1, -0.05) is 6.07 Å². The number of benzene rings is 1. The number of Topliss-reactive ketones (excluding diaryl/α,β-unsaturated/α-hetero) is 2. The molecule has 4 aromatic rings. The van der Waals surface area contributed by atoms with Gasteiger partial charge in [0.1, 0.15) is 23.7 Å². The van der Waals surface area contributed by atoms with Crippen molar-refractivity contribution in [2.24, 2.45) is 0 Å². The van der Waals surface area contributed by atoms with Crippen molar-refractivity contribution in [3.8, 4) is 5.75 Å². The number of ketones is 2. The summed E-state index contributed by atoms with van der Waals surface area (Å²) in [5.41, 5.74) is 0.970. The Kier molecular flexibility index (Phi) is 6.49. The fourth-order valence-electron chi connectivity index (χ4n) is 3.85. The van der Waals surface area contributed by atoms with E-state index >= 15 is 0 Å². The Morgan fingerprint density at radius 3 is 2.70 bits per heavy atom. The van der Waals surface area contributed by atoms with Crippen LogP contribution >= 0.6 is 11.3 Å². The second kappa shape index (κ2) is 9.90. The van der Waals surface area contributed by atoms with E-state index in [0.717, 1.165) is 26.7 Å². The molecule has 0 bridgehead atoms. The van der Waals surface area contributed by atoms with Gasteiger partial charge in [-0.2, -0.15) is 5.10 Å². The molecule has 0 unspecified atom stereocenters. The van der Waals surface area contributed by atoms with Crippen molar-refractivity contribution >= 4 is 40.4 Å². The number of nitrogens with zero attached hydrogens (tertiary/aromatic N) is 3. The van der Waals surface area contributed by atoms with E-state index in [1.165, 1.54) is 24.3 Å². The summed E-state index contributed by atoms with van der Waals surface area (Å²) in [5.74, 6) is -1.47. The van der Waals surface area contributed by atoms with Crippen molar-refractivity contribution in [3.05, 3.63) is 80.7 Å². The molecule has 0 atom stereocenters.